The van der Waals surface area contributed by atoms with E-state index in [9.17, 15) is 5.11 Å². The van der Waals surface area contributed by atoms with Crippen LogP contribution in [0.25, 0.3) is 0 Å². The summed E-state index contributed by atoms with van der Waals surface area (Å²) in [5.41, 5.74) is 0.834. The van der Waals surface area contributed by atoms with Crippen LogP contribution < -0.4 is 4.90 Å². The fraction of sp³-hybridized carbons (Fsp3) is 0.615. The van der Waals surface area contributed by atoms with E-state index in [-0.39, 0.29) is 6.10 Å². The minimum atomic E-state index is -0.467. The Hall–Kier alpha value is -1.13. The fourth-order valence-electron chi connectivity index (χ4n) is 1.41. The van der Waals surface area contributed by atoms with E-state index in [1.165, 1.54) is 0 Å². The van der Waals surface area contributed by atoms with Gasteiger partial charge < -0.3 is 14.7 Å². The molecule has 1 atom stereocenters. The van der Waals surface area contributed by atoms with Gasteiger partial charge in [0.05, 0.1) is 18.8 Å². The number of likely N-dealkylation sites (N-methyl/N-ethyl adjacent to an activating group) is 1. The summed E-state index contributed by atoms with van der Waals surface area (Å²) in [6, 6.07) is 3.81. The molecule has 0 saturated heterocycles. The van der Waals surface area contributed by atoms with Crippen molar-refractivity contribution in [3.05, 3.63) is 23.9 Å². The van der Waals surface area contributed by atoms with E-state index >= 15 is 0 Å². The second kappa shape index (κ2) is 6.57. The summed E-state index contributed by atoms with van der Waals surface area (Å²) < 4.78 is 5.49. The Labute approximate surface area is 103 Å². The molecule has 0 saturated carbocycles. The van der Waals surface area contributed by atoms with Crippen LogP contribution in [0.4, 0.5) is 5.82 Å². The molecule has 1 aromatic rings. The maximum absolute atomic E-state index is 9.38. The largest absolute Gasteiger partial charge is 0.389 e. The number of aromatic nitrogens is 1. The van der Waals surface area contributed by atoms with Crippen molar-refractivity contribution >= 4 is 5.82 Å². The van der Waals surface area contributed by atoms with E-state index in [4.69, 9.17) is 4.74 Å². The molecule has 0 aliphatic carbocycles. The number of pyridine rings is 1. The van der Waals surface area contributed by atoms with Gasteiger partial charge >= 0.3 is 0 Å². The number of hydrogen-bond acceptors (Lipinski definition) is 4. The number of nitrogens with zero attached hydrogens (tertiary/aromatic N) is 2. The van der Waals surface area contributed by atoms with Crippen LogP contribution in [0.15, 0.2) is 18.3 Å². The van der Waals surface area contributed by atoms with Gasteiger partial charge in [-0.2, -0.15) is 0 Å². The molecule has 0 bridgehead atoms. The Morgan fingerprint density at radius 3 is 2.53 bits per heavy atom. The van der Waals surface area contributed by atoms with Crippen molar-refractivity contribution in [3.8, 4) is 0 Å². The van der Waals surface area contributed by atoms with Crippen molar-refractivity contribution in [2.24, 2.45) is 0 Å². The summed E-state index contributed by atoms with van der Waals surface area (Å²) >= 11 is 0. The van der Waals surface area contributed by atoms with Crippen LogP contribution >= 0.6 is 0 Å². The lowest BCUT2D eigenvalue weighted by Gasteiger charge is -2.19. The molecule has 0 amide bonds. The third-order valence-corrected chi connectivity index (χ3v) is 2.52. The van der Waals surface area contributed by atoms with Gasteiger partial charge in [0.2, 0.25) is 0 Å². The number of rotatable bonds is 6. The summed E-state index contributed by atoms with van der Waals surface area (Å²) in [6.45, 7) is 7.27. The van der Waals surface area contributed by atoms with E-state index in [0.717, 1.165) is 17.9 Å². The molecule has 0 aromatic carbocycles. The molecule has 4 nitrogen and oxygen atoms in total. The molecular formula is C13H22N2O2. The SMILES string of the molecule is CC(C)OCCN(C)c1ccc([C@@H](C)O)cn1. The molecule has 0 spiro atoms. The Kier molecular flexibility index (Phi) is 5.38. The Morgan fingerprint density at radius 2 is 2.06 bits per heavy atom. The maximum atomic E-state index is 9.38. The zero-order valence-electron chi connectivity index (χ0n) is 11.1. The van der Waals surface area contributed by atoms with Gasteiger partial charge in [-0.3, -0.25) is 0 Å². The van der Waals surface area contributed by atoms with Crippen molar-refractivity contribution in [2.75, 3.05) is 25.1 Å². The van der Waals surface area contributed by atoms with Gasteiger partial charge in [0.1, 0.15) is 5.82 Å². The minimum Gasteiger partial charge on any atom is -0.389 e. The van der Waals surface area contributed by atoms with Crippen LogP contribution in [0.3, 0.4) is 0 Å². The van der Waals surface area contributed by atoms with E-state index < -0.39 is 6.10 Å². The highest BCUT2D eigenvalue weighted by Crippen LogP contribution is 2.14. The van der Waals surface area contributed by atoms with Gasteiger partial charge in [-0.25, -0.2) is 4.98 Å². The molecule has 0 aliphatic heterocycles. The number of ether oxygens (including phenoxy) is 1. The highest BCUT2D eigenvalue weighted by atomic mass is 16.5. The zero-order valence-corrected chi connectivity index (χ0v) is 11.1. The molecule has 1 N–H and O–H groups in total. The van der Waals surface area contributed by atoms with Gasteiger partial charge in [0.25, 0.3) is 0 Å². The third-order valence-electron chi connectivity index (χ3n) is 2.52. The summed E-state index contributed by atoms with van der Waals surface area (Å²) in [5, 5.41) is 9.38. The molecular weight excluding hydrogens is 216 g/mol. The van der Waals surface area contributed by atoms with Crippen LogP contribution in [-0.4, -0.2) is 36.4 Å². The summed E-state index contributed by atoms with van der Waals surface area (Å²) in [6.07, 6.45) is 1.50. The summed E-state index contributed by atoms with van der Waals surface area (Å²) in [5.74, 6) is 0.891. The van der Waals surface area contributed by atoms with E-state index in [1.807, 2.05) is 37.9 Å². The number of hydrogen-bond donors (Lipinski definition) is 1. The molecule has 0 aliphatic rings. The molecule has 0 unspecified atom stereocenters. The molecule has 1 heterocycles. The Balaban J connectivity index is 2.48. The smallest absolute Gasteiger partial charge is 0.128 e. The monoisotopic (exact) mass is 238 g/mol. The van der Waals surface area contributed by atoms with Crippen molar-refractivity contribution < 1.29 is 9.84 Å². The predicted molar refractivity (Wildman–Crippen MR) is 69.2 cm³/mol. The number of aliphatic hydroxyl groups excluding tert-OH is 1. The average molecular weight is 238 g/mol. The lowest BCUT2D eigenvalue weighted by Crippen LogP contribution is -2.24. The Bertz CT molecular complexity index is 323. The minimum absolute atomic E-state index is 0.258. The van der Waals surface area contributed by atoms with Gasteiger partial charge in [-0.15, -0.1) is 0 Å². The molecule has 17 heavy (non-hydrogen) atoms. The van der Waals surface area contributed by atoms with Crippen molar-refractivity contribution in [1.82, 2.24) is 4.98 Å². The number of aliphatic hydroxyl groups is 1. The second-order valence-corrected chi connectivity index (χ2v) is 4.47. The topological polar surface area (TPSA) is 45.6 Å². The highest BCUT2D eigenvalue weighted by molar-refractivity contribution is 5.38. The van der Waals surface area contributed by atoms with Crippen LogP contribution in [0, 0.1) is 0 Å². The van der Waals surface area contributed by atoms with Gasteiger partial charge in [0, 0.05) is 19.8 Å². The van der Waals surface area contributed by atoms with Gasteiger partial charge in [-0.1, -0.05) is 6.07 Å². The number of anilines is 1. The van der Waals surface area contributed by atoms with Crippen molar-refractivity contribution in [2.45, 2.75) is 33.0 Å². The lowest BCUT2D eigenvalue weighted by atomic mass is 10.2. The first kappa shape index (κ1) is 13.9. The lowest BCUT2D eigenvalue weighted by molar-refractivity contribution is 0.0845. The first-order valence-electron chi connectivity index (χ1n) is 5.97. The van der Waals surface area contributed by atoms with Crippen LogP contribution in [-0.2, 0) is 4.74 Å². The van der Waals surface area contributed by atoms with E-state index in [1.54, 1.807) is 13.1 Å². The normalized spacial score (nSPS) is 12.8. The summed E-state index contributed by atoms with van der Waals surface area (Å²) in [4.78, 5) is 6.34. The molecule has 0 radical (unpaired) electrons. The van der Waals surface area contributed by atoms with Crippen LogP contribution in [0.1, 0.15) is 32.4 Å². The predicted octanol–water partition coefficient (Wildman–Crippen LogP) is 2.00. The fourth-order valence-corrected chi connectivity index (χ4v) is 1.41. The maximum Gasteiger partial charge on any atom is 0.128 e. The van der Waals surface area contributed by atoms with E-state index in [2.05, 4.69) is 4.98 Å². The zero-order chi connectivity index (χ0) is 12.8. The van der Waals surface area contributed by atoms with Crippen molar-refractivity contribution in [3.63, 3.8) is 0 Å². The second-order valence-electron chi connectivity index (χ2n) is 4.47. The molecule has 1 rings (SSSR count). The standard InChI is InChI=1S/C13H22N2O2/c1-10(2)17-8-7-15(4)13-6-5-12(9-14-13)11(3)16/h5-6,9-11,16H,7-8H2,1-4H3/t11-/m1/s1. The van der Waals surface area contributed by atoms with Gasteiger partial charge in [-0.05, 0) is 32.4 Å². The highest BCUT2D eigenvalue weighted by Gasteiger charge is 2.05. The Morgan fingerprint density at radius 1 is 1.35 bits per heavy atom. The molecule has 0 fully saturated rings. The van der Waals surface area contributed by atoms with E-state index in [0.29, 0.717) is 6.61 Å². The van der Waals surface area contributed by atoms with Crippen LogP contribution in [0.5, 0.6) is 0 Å². The molecule has 96 valence electrons. The first-order valence-corrected chi connectivity index (χ1v) is 5.97. The summed E-state index contributed by atoms with van der Waals surface area (Å²) in [7, 11) is 1.98. The van der Waals surface area contributed by atoms with Crippen LogP contribution in [0.2, 0.25) is 0 Å². The van der Waals surface area contributed by atoms with Gasteiger partial charge in [0.15, 0.2) is 0 Å². The third kappa shape index (κ3) is 4.71. The average Bonchev–Trinajstić information content (AvgIpc) is 2.28. The molecule has 1 aromatic heterocycles. The first-order chi connectivity index (χ1) is 8.00. The quantitative estimate of drug-likeness (QED) is 0.823. The van der Waals surface area contributed by atoms with Crippen molar-refractivity contribution in [1.29, 1.82) is 0 Å². The molecule has 4 heteroatoms.